The van der Waals surface area contributed by atoms with Crippen molar-refractivity contribution in [1.82, 2.24) is 0 Å². The van der Waals surface area contributed by atoms with Crippen LogP contribution in [-0.2, 0) is 4.74 Å². The van der Waals surface area contributed by atoms with Gasteiger partial charge in [-0.1, -0.05) is 38.3 Å². The summed E-state index contributed by atoms with van der Waals surface area (Å²) in [6, 6.07) is 0. The Kier molecular flexibility index (Phi) is 9.27. The fraction of sp³-hybridized carbons (Fsp3) is 0.909. The van der Waals surface area contributed by atoms with E-state index in [1.54, 1.807) is 0 Å². The molecule has 0 spiro atoms. The highest BCUT2D eigenvalue weighted by molar-refractivity contribution is 5.79. The summed E-state index contributed by atoms with van der Waals surface area (Å²) in [6.07, 6.45) is 5.39. The molecule has 0 saturated heterocycles. The molecule has 0 aromatic rings. The second kappa shape index (κ2) is 9.77. The standard InChI is InChI=1S/C11H24N2O2/c1-3-5-6-10(4-2)9-15-8-7-11(12)13-14/h10,14H,3-9H2,1-2H3,(H2,12,13). The molecular weight excluding hydrogens is 192 g/mol. The molecule has 4 nitrogen and oxygen atoms in total. The van der Waals surface area contributed by atoms with Crippen LogP contribution >= 0.6 is 0 Å². The van der Waals surface area contributed by atoms with Crippen LogP contribution < -0.4 is 5.73 Å². The molecule has 15 heavy (non-hydrogen) atoms. The van der Waals surface area contributed by atoms with Crippen molar-refractivity contribution in [1.29, 1.82) is 0 Å². The maximum absolute atomic E-state index is 8.31. The molecule has 90 valence electrons. The van der Waals surface area contributed by atoms with Crippen LogP contribution in [0.4, 0.5) is 0 Å². The Hall–Kier alpha value is -0.770. The molecule has 0 amide bonds. The predicted molar refractivity (Wildman–Crippen MR) is 62.2 cm³/mol. The number of unbranched alkanes of at least 4 members (excludes halogenated alkanes) is 1. The van der Waals surface area contributed by atoms with E-state index in [0.29, 0.717) is 18.9 Å². The molecule has 0 saturated carbocycles. The number of oxime groups is 1. The van der Waals surface area contributed by atoms with Gasteiger partial charge in [-0.2, -0.15) is 0 Å². The Labute approximate surface area is 92.5 Å². The molecule has 0 aromatic carbocycles. The summed E-state index contributed by atoms with van der Waals surface area (Å²) in [5, 5.41) is 11.2. The summed E-state index contributed by atoms with van der Waals surface area (Å²) in [5.74, 6) is 0.883. The van der Waals surface area contributed by atoms with Gasteiger partial charge in [-0.15, -0.1) is 0 Å². The van der Waals surface area contributed by atoms with Crippen molar-refractivity contribution in [3.63, 3.8) is 0 Å². The molecule has 0 aliphatic rings. The summed E-state index contributed by atoms with van der Waals surface area (Å²) in [4.78, 5) is 0. The van der Waals surface area contributed by atoms with Gasteiger partial charge in [0.25, 0.3) is 0 Å². The smallest absolute Gasteiger partial charge is 0.141 e. The van der Waals surface area contributed by atoms with Gasteiger partial charge in [-0.05, 0) is 12.3 Å². The van der Waals surface area contributed by atoms with E-state index in [0.717, 1.165) is 13.0 Å². The molecule has 0 rings (SSSR count). The maximum Gasteiger partial charge on any atom is 0.141 e. The summed E-state index contributed by atoms with van der Waals surface area (Å²) in [5.41, 5.74) is 5.32. The van der Waals surface area contributed by atoms with E-state index in [9.17, 15) is 0 Å². The summed E-state index contributed by atoms with van der Waals surface area (Å²) in [6.45, 7) is 5.72. The number of hydrogen-bond donors (Lipinski definition) is 2. The van der Waals surface area contributed by atoms with Gasteiger partial charge < -0.3 is 15.7 Å². The van der Waals surface area contributed by atoms with E-state index in [4.69, 9.17) is 15.7 Å². The van der Waals surface area contributed by atoms with E-state index in [1.165, 1.54) is 19.3 Å². The lowest BCUT2D eigenvalue weighted by Crippen LogP contribution is -2.16. The van der Waals surface area contributed by atoms with Crippen molar-refractivity contribution in [3.8, 4) is 0 Å². The van der Waals surface area contributed by atoms with Crippen molar-refractivity contribution in [2.75, 3.05) is 13.2 Å². The molecule has 0 bridgehead atoms. The lowest BCUT2D eigenvalue weighted by atomic mass is 10.0. The Balaban J connectivity index is 3.45. The van der Waals surface area contributed by atoms with Crippen molar-refractivity contribution in [3.05, 3.63) is 0 Å². The summed E-state index contributed by atoms with van der Waals surface area (Å²) < 4.78 is 5.48. The van der Waals surface area contributed by atoms with Crippen molar-refractivity contribution < 1.29 is 9.94 Å². The van der Waals surface area contributed by atoms with Crippen LogP contribution in [0.25, 0.3) is 0 Å². The predicted octanol–water partition coefficient (Wildman–Crippen LogP) is 2.36. The normalized spacial score (nSPS) is 14.1. The average molecular weight is 216 g/mol. The molecule has 0 heterocycles. The topological polar surface area (TPSA) is 67.8 Å². The summed E-state index contributed by atoms with van der Waals surface area (Å²) in [7, 11) is 0. The van der Waals surface area contributed by atoms with Gasteiger partial charge in [0.2, 0.25) is 0 Å². The number of amidine groups is 1. The van der Waals surface area contributed by atoms with Gasteiger partial charge in [0.15, 0.2) is 0 Å². The molecule has 0 fully saturated rings. The second-order valence-electron chi connectivity index (χ2n) is 3.83. The van der Waals surface area contributed by atoms with Crippen LogP contribution in [0.1, 0.15) is 46.0 Å². The molecule has 4 heteroatoms. The van der Waals surface area contributed by atoms with Gasteiger partial charge >= 0.3 is 0 Å². The fourth-order valence-corrected chi connectivity index (χ4v) is 1.37. The third-order valence-corrected chi connectivity index (χ3v) is 2.53. The molecule has 0 aliphatic carbocycles. The van der Waals surface area contributed by atoms with Crippen LogP contribution in [0.2, 0.25) is 0 Å². The number of nitrogens with zero attached hydrogens (tertiary/aromatic N) is 1. The Bertz CT molecular complexity index is 172. The molecule has 0 aliphatic heterocycles. The molecule has 1 atom stereocenters. The summed E-state index contributed by atoms with van der Waals surface area (Å²) >= 11 is 0. The fourth-order valence-electron chi connectivity index (χ4n) is 1.37. The van der Waals surface area contributed by atoms with E-state index in [2.05, 4.69) is 19.0 Å². The van der Waals surface area contributed by atoms with Crippen LogP contribution in [0, 0.1) is 5.92 Å². The minimum Gasteiger partial charge on any atom is -0.409 e. The molecule has 1 unspecified atom stereocenters. The zero-order valence-electron chi connectivity index (χ0n) is 9.91. The number of nitrogens with two attached hydrogens (primary N) is 1. The van der Waals surface area contributed by atoms with Crippen LogP contribution in [0.15, 0.2) is 5.16 Å². The first-order valence-corrected chi connectivity index (χ1v) is 5.78. The largest absolute Gasteiger partial charge is 0.409 e. The molecule has 0 aromatic heterocycles. The Morgan fingerprint density at radius 2 is 2.20 bits per heavy atom. The van der Waals surface area contributed by atoms with E-state index in [1.807, 2.05) is 0 Å². The average Bonchev–Trinajstić information content (AvgIpc) is 2.27. The molecular formula is C11H24N2O2. The highest BCUT2D eigenvalue weighted by Crippen LogP contribution is 2.12. The first-order chi connectivity index (χ1) is 7.24. The first kappa shape index (κ1) is 14.2. The van der Waals surface area contributed by atoms with Gasteiger partial charge in [0, 0.05) is 13.0 Å². The minimum atomic E-state index is 0.233. The van der Waals surface area contributed by atoms with Crippen molar-refractivity contribution >= 4 is 5.84 Å². The van der Waals surface area contributed by atoms with Gasteiger partial charge in [0.1, 0.15) is 5.84 Å². The first-order valence-electron chi connectivity index (χ1n) is 5.78. The molecule has 0 radical (unpaired) electrons. The van der Waals surface area contributed by atoms with E-state index >= 15 is 0 Å². The maximum atomic E-state index is 8.31. The molecule has 3 N–H and O–H groups in total. The monoisotopic (exact) mass is 216 g/mol. The highest BCUT2D eigenvalue weighted by atomic mass is 16.5. The van der Waals surface area contributed by atoms with Crippen LogP contribution in [0.3, 0.4) is 0 Å². The number of hydrogen-bond acceptors (Lipinski definition) is 3. The quantitative estimate of drug-likeness (QED) is 0.204. The van der Waals surface area contributed by atoms with Crippen molar-refractivity contribution in [2.24, 2.45) is 16.8 Å². The van der Waals surface area contributed by atoms with Crippen molar-refractivity contribution in [2.45, 2.75) is 46.0 Å². The third-order valence-electron chi connectivity index (χ3n) is 2.53. The Morgan fingerprint density at radius 3 is 2.73 bits per heavy atom. The SMILES string of the molecule is CCCCC(CC)COCC/C(N)=N/O. The third kappa shape index (κ3) is 8.24. The lowest BCUT2D eigenvalue weighted by Gasteiger charge is -2.14. The lowest BCUT2D eigenvalue weighted by molar-refractivity contribution is 0.0988. The number of ether oxygens (including phenoxy) is 1. The van der Waals surface area contributed by atoms with Gasteiger partial charge in [-0.3, -0.25) is 0 Å². The zero-order valence-corrected chi connectivity index (χ0v) is 9.91. The van der Waals surface area contributed by atoms with Crippen LogP contribution in [0.5, 0.6) is 0 Å². The van der Waals surface area contributed by atoms with Gasteiger partial charge in [-0.25, -0.2) is 0 Å². The second-order valence-corrected chi connectivity index (χ2v) is 3.83. The highest BCUT2D eigenvalue weighted by Gasteiger charge is 2.05. The van der Waals surface area contributed by atoms with Gasteiger partial charge in [0.05, 0.1) is 6.61 Å². The number of rotatable bonds is 9. The van der Waals surface area contributed by atoms with E-state index < -0.39 is 0 Å². The van der Waals surface area contributed by atoms with E-state index in [-0.39, 0.29) is 5.84 Å². The zero-order chi connectivity index (χ0) is 11.5. The van der Waals surface area contributed by atoms with Crippen LogP contribution in [-0.4, -0.2) is 24.3 Å². The Morgan fingerprint density at radius 1 is 1.47 bits per heavy atom. The minimum absolute atomic E-state index is 0.233.